The summed E-state index contributed by atoms with van der Waals surface area (Å²) in [5.41, 5.74) is 10.9. The molecule has 1 aromatic carbocycles. The van der Waals surface area contributed by atoms with Crippen molar-refractivity contribution in [1.82, 2.24) is 0 Å². The summed E-state index contributed by atoms with van der Waals surface area (Å²) in [4.78, 5) is 0. The van der Waals surface area contributed by atoms with E-state index in [1.807, 2.05) is 0 Å². The summed E-state index contributed by atoms with van der Waals surface area (Å²) in [6, 6.07) is 1.69. The van der Waals surface area contributed by atoms with Gasteiger partial charge in [-0.25, -0.2) is 0 Å². The maximum atomic E-state index is 9.66. The lowest BCUT2D eigenvalue weighted by Gasteiger charge is -2.05. The Morgan fingerprint density at radius 3 is 2.44 bits per heavy atom. The number of phenols is 1. The molecular formula is C8H7Br3N4O. The summed E-state index contributed by atoms with van der Waals surface area (Å²) in [6.45, 7) is 0. The molecule has 1 rings (SSSR count). The van der Waals surface area contributed by atoms with Crippen molar-refractivity contribution in [1.29, 1.82) is 0 Å². The van der Waals surface area contributed by atoms with Crippen molar-refractivity contribution < 1.29 is 5.11 Å². The minimum Gasteiger partial charge on any atom is -0.506 e. The van der Waals surface area contributed by atoms with Crippen molar-refractivity contribution in [3.63, 3.8) is 0 Å². The zero-order valence-corrected chi connectivity index (χ0v) is 12.5. The number of hydrogen-bond acceptors (Lipinski definition) is 3. The van der Waals surface area contributed by atoms with Crippen molar-refractivity contribution in [2.24, 2.45) is 21.7 Å². The normalized spacial score (nSPS) is 10.7. The zero-order valence-electron chi connectivity index (χ0n) is 7.78. The summed E-state index contributed by atoms with van der Waals surface area (Å²) in [7, 11) is 0. The van der Waals surface area contributed by atoms with Crippen molar-refractivity contribution >= 4 is 60.0 Å². The van der Waals surface area contributed by atoms with E-state index in [1.54, 1.807) is 6.07 Å². The van der Waals surface area contributed by atoms with Gasteiger partial charge in [0, 0.05) is 10.0 Å². The second kappa shape index (κ2) is 5.65. The molecule has 0 aliphatic heterocycles. The lowest BCUT2D eigenvalue weighted by Crippen LogP contribution is -2.21. The molecule has 0 heterocycles. The van der Waals surface area contributed by atoms with Gasteiger partial charge in [-0.3, -0.25) is 0 Å². The Labute approximate surface area is 117 Å². The van der Waals surface area contributed by atoms with Gasteiger partial charge in [-0.15, -0.1) is 5.10 Å². The molecule has 0 aromatic heterocycles. The highest BCUT2D eigenvalue weighted by Crippen LogP contribution is 2.38. The number of aromatic hydroxyl groups is 1. The molecule has 86 valence electrons. The Morgan fingerprint density at radius 1 is 1.25 bits per heavy atom. The number of rotatable bonds is 2. The van der Waals surface area contributed by atoms with Gasteiger partial charge in [-0.05, 0) is 37.9 Å². The molecule has 0 radical (unpaired) electrons. The lowest BCUT2D eigenvalue weighted by atomic mass is 10.2. The number of hydrogen-bond donors (Lipinski definition) is 3. The van der Waals surface area contributed by atoms with E-state index in [0.29, 0.717) is 14.5 Å². The standard InChI is InChI=1S/C8H7Br3N4O/c9-4-1-5(10)7(16)6(11)3(4)2-14-15-8(12)13/h1-2,16H,(H4,12,13,15). The van der Waals surface area contributed by atoms with Gasteiger partial charge in [0.1, 0.15) is 5.75 Å². The lowest BCUT2D eigenvalue weighted by molar-refractivity contribution is 0.468. The van der Waals surface area contributed by atoms with E-state index in [9.17, 15) is 5.11 Å². The van der Waals surface area contributed by atoms with Crippen LogP contribution in [0.25, 0.3) is 0 Å². The molecule has 1 aromatic rings. The van der Waals surface area contributed by atoms with E-state index >= 15 is 0 Å². The predicted molar refractivity (Wildman–Crippen MR) is 74.6 cm³/mol. The quantitative estimate of drug-likeness (QED) is 0.393. The van der Waals surface area contributed by atoms with Crippen molar-refractivity contribution in [3.05, 3.63) is 25.0 Å². The number of halogens is 3. The smallest absolute Gasteiger partial charge is 0.211 e. The first kappa shape index (κ1) is 13.5. The van der Waals surface area contributed by atoms with E-state index in [-0.39, 0.29) is 11.7 Å². The Hall–Kier alpha value is -0.600. The molecule has 0 fully saturated rings. The summed E-state index contributed by atoms with van der Waals surface area (Å²) in [5, 5.41) is 16.8. The number of guanidine groups is 1. The van der Waals surface area contributed by atoms with E-state index in [1.165, 1.54) is 6.21 Å². The summed E-state index contributed by atoms with van der Waals surface area (Å²) < 4.78 is 1.78. The first-order valence-electron chi connectivity index (χ1n) is 3.92. The molecule has 8 heteroatoms. The van der Waals surface area contributed by atoms with Crippen LogP contribution in [0, 0.1) is 0 Å². The fraction of sp³-hybridized carbons (Fsp3) is 0. The Morgan fingerprint density at radius 2 is 1.88 bits per heavy atom. The van der Waals surface area contributed by atoms with Crippen LogP contribution in [0.4, 0.5) is 0 Å². The molecular weight excluding hydrogens is 408 g/mol. The highest BCUT2D eigenvalue weighted by molar-refractivity contribution is 9.11. The van der Waals surface area contributed by atoms with Crippen LogP contribution >= 0.6 is 47.8 Å². The van der Waals surface area contributed by atoms with Crippen molar-refractivity contribution in [3.8, 4) is 5.75 Å². The molecule has 5 nitrogen and oxygen atoms in total. The first-order valence-corrected chi connectivity index (χ1v) is 6.29. The van der Waals surface area contributed by atoms with Gasteiger partial charge in [0.15, 0.2) is 0 Å². The maximum absolute atomic E-state index is 9.66. The molecule has 0 aliphatic carbocycles. The maximum Gasteiger partial charge on any atom is 0.211 e. The van der Waals surface area contributed by atoms with E-state index < -0.39 is 0 Å². The van der Waals surface area contributed by atoms with E-state index in [0.717, 1.165) is 4.47 Å². The molecule has 0 spiro atoms. The summed E-state index contributed by atoms with van der Waals surface area (Å²) in [6.07, 6.45) is 1.42. The van der Waals surface area contributed by atoms with Crippen LogP contribution in [0.15, 0.2) is 29.7 Å². The van der Waals surface area contributed by atoms with Crippen LogP contribution in [0.2, 0.25) is 0 Å². The SMILES string of the molecule is NC(N)=NN=Cc1c(Br)cc(Br)c(O)c1Br. The van der Waals surface area contributed by atoms with Crippen molar-refractivity contribution in [2.75, 3.05) is 0 Å². The second-order valence-electron chi connectivity index (χ2n) is 2.69. The summed E-state index contributed by atoms with van der Waals surface area (Å²) in [5.74, 6) is -0.0563. The van der Waals surface area contributed by atoms with Crippen LogP contribution in [0.3, 0.4) is 0 Å². The minimum absolute atomic E-state index is 0.0781. The topological polar surface area (TPSA) is 97.0 Å². The predicted octanol–water partition coefficient (Wildman–Crippen LogP) is 2.29. The average Bonchev–Trinajstić information content (AvgIpc) is 2.19. The van der Waals surface area contributed by atoms with Crippen LogP contribution in [0.5, 0.6) is 5.75 Å². The largest absolute Gasteiger partial charge is 0.506 e. The Bertz CT molecular complexity index is 469. The highest BCUT2D eigenvalue weighted by Gasteiger charge is 2.11. The molecule has 0 saturated heterocycles. The Kier molecular flexibility index (Phi) is 4.75. The molecule has 16 heavy (non-hydrogen) atoms. The average molecular weight is 415 g/mol. The molecule has 0 aliphatic rings. The fourth-order valence-electron chi connectivity index (χ4n) is 0.866. The van der Waals surface area contributed by atoms with Gasteiger partial charge in [-0.1, -0.05) is 15.9 Å². The van der Waals surface area contributed by atoms with Gasteiger partial charge in [-0.2, -0.15) is 5.10 Å². The van der Waals surface area contributed by atoms with Crippen LogP contribution in [-0.2, 0) is 0 Å². The second-order valence-corrected chi connectivity index (χ2v) is 5.19. The van der Waals surface area contributed by atoms with Gasteiger partial charge in [0.2, 0.25) is 5.96 Å². The van der Waals surface area contributed by atoms with Gasteiger partial charge in [0.25, 0.3) is 0 Å². The third kappa shape index (κ3) is 3.19. The summed E-state index contributed by atoms with van der Waals surface area (Å²) >= 11 is 9.76. The number of nitrogens with zero attached hydrogens (tertiary/aromatic N) is 2. The molecule has 0 unspecified atom stereocenters. The third-order valence-electron chi connectivity index (χ3n) is 1.54. The third-order valence-corrected chi connectivity index (χ3v) is 3.60. The number of benzene rings is 1. The molecule has 0 saturated carbocycles. The minimum atomic E-state index is -0.134. The zero-order chi connectivity index (χ0) is 12.3. The fourth-order valence-corrected chi connectivity index (χ4v) is 3.19. The van der Waals surface area contributed by atoms with Gasteiger partial charge >= 0.3 is 0 Å². The monoisotopic (exact) mass is 412 g/mol. The highest BCUT2D eigenvalue weighted by atomic mass is 79.9. The van der Waals surface area contributed by atoms with Crippen LogP contribution < -0.4 is 11.5 Å². The van der Waals surface area contributed by atoms with Crippen molar-refractivity contribution in [2.45, 2.75) is 0 Å². The molecule has 0 atom stereocenters. The van der Waals surface area contributed by atoms with Crippen LogP contribution in [-0.4, -0.2) is 17.3 Å². The van der Waals surface area contributed by atoms with Crippen LogP contribution in [0.1, 0.15) is 5.56 Å². The molecule has 5 N–H and O–H groups in total. The molecule has 0 bridgehead atoms. The molecule has 0 amide bonds. The van der Waals surface area contributed by atoms with Gasteiger partial charge in [0.05, 0.1) is 15.2 Å². The van der Waals surface area contributed by atoms with E-state index in [2.05, 4.69) is 58.0 Å². The first-order chi connectivity index (χ1) is 7.43. The number of phenolic OH excluding ortho intramolecular Hbond substituents is 1. The Balaban J connectivity index is 3.20. The number of nitrogens with two attached hydrogens (primary N) is 2. The van der Waals surface area contributed by atoms with Gasteiger partial charge < -0.3 is 16.6 Å². The van der Waals surface area contributed by atoms with E-state index in [4.69, 9.17) is 11.5 Å².